The van der Waals surface area contributed by atoms with Crippen LogP contribution in [0.5, 0.6) is 0 Å². The maximum absolute atomic E-state index is 5.37. The Bertz CT molecular complexity index is 3060. The SMILES string of the molecule is c1ccc2c(c1)Cc1cccc(-c3nc(-c4ccccc4-n4c5ccccc5c5cc6ccccc6cc54)nc(-c4cccc5ccccc45)n3)c1-2. The monoisotopic (exact) mass is 662 g/mol. The van der Waals surface area contributed by atoms with Crippen LogP contribution in [0.3, 0.4) is 0 Å². The van der Waals surface area contributed by atoms with Gasteiger partial charge >= 0.3 is 0 Å². The topological polar surface area (TPSA) is 43.6 Å². The third-order valence-electron chi connectivity index (χ3n) is 10.7. The lowest BCUT2D eigenvalue weighted by Crippen LogP contribution is -2.04. The van der Waals surface area contributed by atoms with Gasteiger partial charge in [-0.25, -0.2) is 15.0 Å². The maximum atomic E-state index is 5.37. The van der Waals surface area contributed by atoms with Crippen molar-refractivity contribution in [1.82, 2.24) is 19.5 Å². The van der Waals surface area contributed by atoms with E-state index in [-0.39, 0.29) is 0 Å². The van der Waals surface area contributed by atoms with Crippen molar-refractivity contribution < 1.29 is 0 Å². The van der Waals surface area contributed by atoms with Crippen LogP contribution in [-0.2, 0) is 6.42 Å². The molecule has 1 aliphatic rings. The summed E-state index contributed by atoms with van der Waals surface area (Å²) < 4.78 is 2.38. The lowest BCUT2D eigenvalue weighted by atomic mass is 9.98. The first kappa shape index (κ1) is 28.9. The van der Waals surface area contributed by atoms with Gasteiger partial charge in [-0.15, -0.1) is 0 Å². The summed E-state index contributed by atoms with van der Waals surface area (Å²) in [6.45, 7) is 0. The van der Waals surface area contributed by atoms with Crippen LogP contribution in [-0.4, -0.2) is 19.5 Å². The van der Waals surface area contributed by atoms with E-state index >= 15 is 0 Å². The van der Waals surface area contributed by atoms with E-state index in [4.69, 9.17) is 15.0 Å². The molecule has 4 nitrogen and oxygen atoms in total. The normalized spacial score (nSPS) is 12.2. The van der Waals surface area contributed by atoms with E-state index in [0.29, 0.717) is 17.5 Å². The summed E-state index contributed by atoms with van der Waals surface area (Å²) in [6, 6.07) is 60.5. The van der Waals surface area contributed by atoms with E-state index in [9.17, 15) is 0 Å². The number of hydrogen-bond donors (Lipinski definition) is 0. The molecule has 0 atom stereocenters. The highest BCUT2D eigenvalue weighted by molar-refractivity contribution is 6.14. The molecule has 0 aliphatic heterocycles. The lowest BCUT2D eigenvalue weighted by molar-refractivity contribution is 1.07. The first-order chi connectivity index (χ1) is 25.8. The average molecular weight is 663 g/mol. The summed E-state index contributed by atoms with van der Waals surface area (Å²) in [7, 11) is 0. The number of rotatable bonds is 4. The van der Waals surface area contributed by atoms with Crippen LogP contribution in [0.25, 0.3) is 94.3 Å². The van der Waals surface area contributed by atoms with Gasteiger partial charge in [0.15, 0.2) is 17.5 Å². The van der Waals surface area contributed by atoms with Crippen molar-refractivity contribution in [2.45, 2.75) is 6.42 Å². The van der Waals surface area contributed by atoms with E-state index in [0.717, 1.165) is 50.6 Å². The van der Waals surface area contributed by atoms with Gasteiger partial charge in [0, 0.05) is 27.5 Å². The standard InChI is InChI=1S/C48H30N4/c1-2-15-32-29-44-41(28-31(32)14-1)37-21-7-9-25-42(37)52(44)43-26-10-8-22-39(43)47-49-46(38-23-11-17-30-13-3-5-19-35(30)38)50-48(51-47)40-24-12-18-34-27-33-16-4-6-20-36(33)45(34)40/h1-26,28-29H,27H2. The van der Waals surface area contributed by atoms with Crippen molar-refractivity contribution in [3.8, 4) is 51.0 Å². The minimum atomic E-state index is 0.638. The quantitative estimate of drug-likeness (QED) is 0.188. The second kappa shape index (κ2) is 11.3. The number of fused-ring (bicyclic) bond motifs is 8. The molecule has 1 aliphatic carbocycles. The highest BCUT2D eigenvalue weighted by atomic mass is 15.1. The molecule has 0 fully saturated rings. The first-order valence-corrected chi connectivity index (χ1v) is 17.7. The Morgan fingerprint density at radius 3 is 1.79 bits per heavy atom. The number of para-hydroxylation sites is 2. The van der Waals surface area contributed by atoms with Crippen molar-refractivity contribution in [3.05, 3.63) is 181 Å². The van der Waals surface area contributed by atoms with Crippen LogP contribution < -0.4 is 0 Å². The fraction of sp³-hybridized carbons (Fsp3) is 0.0208. The molecule has 0 amide bonds. The van der Waals surface area contributed by atoms with Gasteiger partial charge < -0.3 is 4.57 Å². The lowest BCUT2D eigenvalue weighted by Gasteiger charge is -2.16. The van der Waals surface area contributed by atoms with Crippen molar-refractivity contribution in [1.29, 1.82) is 0 Å². The Balaban J connectivity index is 1.21. The molecular formula is C48H30N4. The molecule has 2 aromatic heterocycles. The van der Waals surface area contributed by atoms with Crippen LogP contribution >= 0.6 is 0 Å². The van der Waals surface area contributed by atoms with Crippen LogP contribution in [0, 0.1) is 0 Å². The smallest absolute Gasteiger partial charge is 0.166 e. The van der Waals surface area contributed by atoms with Gasteiger partial charge in [-0.2, -0.15) is 0 Å². The molecule has 0 spiro atoms. The number of benzene rings is 8. The Morgan fingerprint density at radius 1 is 0.365 bits per heavy atom. The molecule has 0 saturated heterocycles. The molecule has 0 bridgehead atoms. The average Bonchev–Trinajstić information content (AvgIpc) is 3.75. The minimum Gasteiger partial charge on any atom is -0.308 e. The highest BCUT2D eigenvalue weighted by Crippen LogP contribution is 2.43. The van der Waals surface area contributed by atoms with Crippen LogP contribution in [0.1, 0.15) is 11.1 Å². The molecule has 0 saturated carbocycles. The fourth-order valence-corrected chi connectivity index (χ4v) is 8.31. The van der Waals surface area contributed by atoms with Crippen molar-refractivity contribution in [3.63, 3.8) is 0 Å². The predicted molar refractivity (Wildman–Crippen MR) is 214 cm³/mol. The zero-order valence-corrected chi connectivity index (χ0v) is 28.2. The van der Waals surface area contributed by atoms with Gasteiger partial charge in [0.05, 0.1) is 16.7 Å². The molecule has 0 N–H and O–H groups in total. The first-order valence-electron chi connectivity index (χ1n) is 17.7. The van der Waals surface area contributed by atoms with Crippen molar-refractivity contribution in [2.75, 3.05) is 0 Å². The van der Waals surface area contributed by atoms with Crippen molar-refractivity contribution in [2.24, 2.45) is 0 Å². The second-order valence-electron chi connectivity index (χ2n) is 13.6. The summed E-state index contributed by atoms with van der Waals surface area (Å²) in [5.74, 6) is 1.97. The summed E-state index contributed by atoms with van der Waals surface area (Å²) in [6.07, 6.45) is 0.902. The Hall–Kier alpha value is -6.91. The van der Waals surface area contributed by atoms with Crippen LogP contribution in [0.15, 0.2) is 170 Å². The number of hydrogen-bond acceptors (Lipinski definition) is 3. The van der Waals surface area contributed by atoms with E-state index < -0.39 is 0 Å². The molecule has 242 valence electrons. The molecule has 10 aromatic rings. The third kappa shape index (κ3) is 4.38. The Labute approximate surface area is 300 Å². The molecule has 0 unspecified atom stereocenters. The Morgan fingerprint density at radius 2 is 0.923 bits per heavy atom. The van der Waals surface area contributed by atoms with Gasteiger partial charge in [0.25, 0.3) is 0 Å². The van der Waals surface area contributed by atoms with Crippen LogP contribution in [0.2, 0.25) is 0 Å². The summed E-state index contributed by atoms with van der Waals surface area (Å²) >= 11 is 0. The van der Waals surface area contributed by atoms with Gasteiger partial charge in [0.1, 0.15) is 0 Å². The summed E-state index contributed by atoms with van der Waals surface area (Å²) in [5, 5.41) is 7.12. The minimum absolute atomic E-state index is 0.638. The number of nitrogens with zero attached hydrogens (tertiary/aromatic N) is 4. The highest BCUT2D eigenvalue weighted by Gasteiger charge is 2.25. The molecule has 0 radical (unpaired) electrons. The predicted octanol–water partition coefficient (Wildman–Crippen LogP) is 11.8. The second-order valence-corrected chi connectivity index (χ2v) is 13.6. The van der Waals surface area contributed by atoms with E-state index in [1.165, 1.54) is 43.8 Å². The summed E-state index contributed by atoms with van der Waals surface area (Å²) in [4.78, 5) is 16.0. The van der Waals surface area contributed by atoms with Crippen LogP contribution in [0.4, 0.5) is 0 Å². The molecular weight excluding hydrogens is 633 g/mol. The largest absolute Gasteiger partial charge is 0.308 e. The van der Waals surface area contributed by atoms with Crippen molar-refractivity contribution >= 4 is 43.4 Å². The fourth-order valence-electron chi connectivity index (χ4n) is 8.31. The van der Waals surface area contributed by atoms with Gasteiger partial charge in [-0.1, -0.05) is 140 Å². The van der Waals surface area contributed by atoms with Gasteiger partial charge in [-0.3, -0.25) is 0 Å². The van der Waals surface area contributed by atoms with E-state index in [2.05, 4.69) is 174 Å². The molecule has 8 aromatic carbocycles. The Kier molecular flexibility index (Phi) is 6.28. The van der Waals surface area contributed by atoms with E-state index in [1.54, 1.807) is 0 Å². The summed E-state index contributed by atoms with van der Waals surface area (Å²) in [5.41, 5.74) is 11.3. The number of aromatic nitrogens is 4. The van der Waals surface area contributed by atoms with Gasteiger partial charge in [-0.05, 0) is 80.6 Å². The zero-order chi connectivity index (χ0) is 34.2. The van der Waals surface area contributed by atoms with E-state index in [1.807, 2.05) is 0 Å². The molecule has 4 heteroatoms. The molecule has 11 rings (SSSR count). The van der Waals surface area contributed by atoms with Gasteiger partial charge in [0.2, 0.25) is 0 Å². The third-order valence-corrected chi connectivity index (χ3v) is 10.7. The zero-order valence-electron chi connectivity index (χ0n) is 28.2. The molecule has 2 heterocycles. The maximum Gasteiger partial charge on any atom is 0.166 e. The molecule has 52 heavy (non-hydrogen) atoms.